The van der Waals surface area contributed by atoms with Crippen LogP contribution in [-0.4, -0.2) is 37.2 Å². The second-order valence-corrected chi connectivity index (χ2v) is 20.2. The molecule has 0 spiro atoms. The summed E-state index contributed by atoms with van der Waals surface area (Å²) in [5, 5.41) is 0. The van der Waals surface area contributed by atoms with Gasteiger partial charge in [0.2, 0.25) is 0 Å². The lowest BCUT2D eigenvalue weighted by atomic mass is 10.0. The number of carbonyl (C=O) groups is 3. The summed E-state index contributed by atoms with van der Waals surface area (Å²) in [7, 11) is 0. The molecule has 0 aromatic rings. The Labute approximate surface area is 468 Å². The third-order valence-electron chi connectivity index (χ3n) is 12.9. The van der Waals surface area contributed by atoms with Gasteiger partial charge in [-0.05, 0) is 122 Å². The zero-order valence-electron chi connectivity index (χ0n) is 49.2. The molecule has 0 saturated heterocycles. The maximum Gasteiger partial charge on any atom is 0.306 e. The quantitative estimate of drug-likeness (QED) is 0.0261. The third-order valence-corrected chi connectivity index (χ3v) is 12.9. The molecule has 1 atom stereocenters. The molecule has 0 rings (SSSR count). The number of unbranched alkanes of at least 4 members (excludes halogenated alkanes) is 22. The Hall–Kier alpha value is -4.45. The fraction of sp³-hybridized carbons (Fsp3) is 0.643. The van der Waals surface area contributed by atoms with Crippen molar-refractivity contribution in [3.05, 3.63) is 134 Å². The Morgan fingerprint density at radius 3 is 0.855 bits per heavy atom. The lowest BCUT2D eigenvalue weighted by molar-refractivity contribution is -0.167. The van der Waals surface area contributed by atoms with E-state index < -0.39 is 6.10 Å². The van der Waals surface area contributed by atoms with Crippen LogP contribution in [0.5, 0.6) is 0 Å². The van der Waals surface area contributed by atoms with Crippen molar-refractivity contribution in [2.45, 2.75) is 277 Å². The van der Waals surface area contributed by atoms with Crippen molar-refractivity contribution in [1.29, 1.82) is 0 Å². The summed E-state index contributed by atoms with van der Waals surface area (Å²) < 4.78 is 16.8. The average Bonchev–Trinajstić information content (AvgIpc) is 3.42. The maximum absolute atomic E-state index is 12.9. The number of hydrogen-bond donors (Lipinski definition) is 0. The topological polar surface area (TPSA) is 78.9 Å². The predicted molar refractivity (Wildman–Crippen MR) is 329 cm³/mol. The smallest absolute Gasteiger partial charge is 0.306 e. The molecule has 0 aliphatic heterocycles. The largest absolute Gasteiger partial charge is 0.462 e. The molecule has 0 bridgehead atoms. The van der Waals surface area contributed by atoms with Crippen LogP contribution in [0.4, 0.5) is 0 Å². The van der Waals surface area contributed by atoms with Crippen LogP contribution >= 0.6 is 0 Å². The summed E-state index contributed by atoms with van der Waals surface area (Å²) in [4.78, 5) is 38.2. The Balaban J connectivity index is 4.45. The molecular formula is C70H114O6. The normalized spacial score (nSPS) is 13.0. The minimum absolute atomic E-state index is 0.0992. The molecule has 0 fully saturated rings. The van der Waals surface area contributed by atoms with Crippen molar-refractivity contribution in [2.24, 2.45) is 0 Å². The predicted octanol–water partition coefficient (Wildman–Crippen LogP) is 21.4. The molecule has 0 aromatic heterocycles. The van der Waals surface area contributed by atoms with Crippen LogP contribution in [0.15, 0.2) is 134 Å². The van der Waals surface area contributed by atoms with E-state index in [1.165, 1.54) is 96.3 Å². The molecule has 6 nitrogen and oxygen atoms in total. The number of ether oxygens (including phenoxy) is 3. The summed E-state index contributed by atoms with van der Waals surface area (Å²) in [6.07, 6.45) is 88.8. The van der Waals surface area contributed by atoms with Crippen LogP contribution in [0.3, 0.4) is 0 Å². The molecular weight excluding hydrogens is 937 g/mol. The van der Waals surface area contributed by atoms with Gasteiger partial charge in [-0.3, -0.25) is 14.4 Å². The molecule has 0 aromatic carbocycles. The summed E-state index contributed by atoms with van der Waals surface area (Å²) in [6.45, 7) is 6.45. The van der Waals surface area contributed by atoms with Gasteiger partial charge in [-0.2, -0.15) is 0 Å². The standard InChI is InChI=1S/C70H114O6/c1-4-7-10-13-16-19-22-25-27-29-31-32-33-34-35-36-37-38-40-41-43-45-48-51-54-57-60-63-69(72)75-66-67(65-74-68(71)62-59-56-53-50-47-24-21-18-15-12-9-6-3)76-70(73)64-61-58-55-52-49-46-44-42-39-30-28-26-23-20-17-14-11-8-5-2/h7,10,16-17,19-20,25-28,31-32,34-35,37-39,41-43,48,51,67H,4-6,8-9,11-15,18,21-24,29-30,33,36,40,44-47,49-50,52-66H2,1-3H3/b10-7-,19-16-,20-17-,27-25-,28-26-,32-31-,35-34-,38-37-,42-39-,43-41-,51-48-. The van der Waals surface area contributed by atoms with E-state index >= 15 is 0 Å². The summed E-state index contributed by atoms with van der Waals surface area (Å²) in [5.41, 5.74) is 0. The minimum atomic E-state index is -0.807. The van der Waals surface area contributed by atoms with Gasteiger partial charge in [-0.25, -0.2) is 0 Å². The van der Waals surface area contributed by atoms with E-state index in [0.29, 0.717) is 25.7 Å². The van der Waals surface area contributed by atoms with Gasteiger partial charge < -0.3 is 14.2 Å². The number of hydrogen-bond acceptors (Lipinski definition) is 6. The molecule has 1 unspecified atom stereocenters. The number of allylic oxidation sites excluding steroid dienone is 22. The van der Waals surface area contributed by atoms with Gasteiger partial charge >= 0.3 is 17.9 Å². The SMILES string of the molecule is CC/C=C\C/C=C\C/C=C\C/C=C\C/C=C\C/C=C\C/C=C\C/C=C\CCCCC(=O)OCC(COC(=O)CCCCCCCCCCCCCC)OC(=O)CCCCCCCC/C=C\C/C=C\C/C=C\CCCCC. The Morgan fingerprint density at radius 1 is 0.276 bits per heavy atom. The van der Waals surface area contributed by atoms with Gasteiger partial charge in [0.1, 0.15) is 13.2 Å². The zero-order valence-corrected chi connectivity index (χ0v) is 49.2. The zero-order chi connectivity index (χ0) is 55.0. The number of rotatable bonds is 55. The molecule has 0 N–H and O–H groups in total. The fourth-order valence-corrected chi connectivity index (χ4v) is 8.23. The molecule has 0 heterocycles. The van der Waals surface area contributed by atoms with Crippen molar-refractivity contribution in [3.8, 4) is 0 Å². The second-order valence-electron chi connectivity index (χ2n) is 20.2. The molecule has 430 valence electrons. The van der Waals surface area contributed by atoms with E-state index in [9.17, 15) is 14.4 Å². The van der Waals surface area contributed by atoms with Crippen LogP contribution in [0, 0.1) is 0 Å². The van der Waals surface area contributed by atoms with Crippen molar-refractivity contribution >= 4 is 17.9 Å². The lowest BCUT2D eigenvalue weighted by Gasteiger charge is -2.18. The van der Waals surface area contributed by atoms with E-state index in [4.69, 9.17) is 14.2 Å². The van der Waals surface area contributed by atoms with Crippen molar-refractivity contribution in [1.82, 2.24) is 0 Å². The molecule has 76 heavy (non-hydrogen) atoms. The van der Waals surface area contributed by atoms with Gasteiger partial charge in [-0.15, -0.1) is 0 Å². The van der Waals surface area contributed by atoms with E-state index in [0.717, 1.165) is 128 Å². The van der Waals surface area contributed by atoms with Crippen molar-refractivity contribution in [3.63, 3.8) is 0 Å². The minimum Gasteiger partial charge on any atom is -0.462 e. The van der Waals surface area contributed by atoms with E-state index in [-0.39, 0.29) is 31.1 Å². The second kappa shape index (κ2) is 63.1. The highest BCUT2D eigenvalue weighted by Crippen LogP contribution is 2.15. The van der Waals surface area contributed by atoms with Gasteiger partial charge in [-0.1, -0.05) is 264 Å². The fourth-order valence-electron chi connectivity index (χ4n) is 8.23. The molecule has 0 saturated carbocycles. The first-order valence-electron chi connectivity index (χ1n) is 31.2. The van der Waals surface area contributed by atoms with Crippen molar-refractivity contribution < 1.29 is 28.6 Å². The van der Waals surface area contributed by atoms with Gasteiger partial charge in [0, 0.05) is 19.3 Å². The first-order valence-corrected chi connectivity index (χ1v) is 31.2. The van der Waals surface area contributed by atoms with Gasteiger partial charge in [0.05, 0.1) is 0 Å². The van der Waals surface area contributed by atoms with Crippen LogP contribution in [0.25, 0.3) is 0 Å². The summed E-state index contributed by atoms with van der Waals surface area (Å²) in [6, 6.07) is 0. The van der Waals surface area contributed by atoms with Crippen LogP contribution in [-0.2, 0) is 28.6 Å². The number of esters is 3. The van der Waals surface area contributed by atoms with Gasteiger partial charge in [0.25, 0.3) is 0 Å². The summed E-state index contributed by atoms with van der Waals surface area (Å²) >= 11 is 0. The van der Waals surface area contributed by atoms with E-state index in [1.807, 2.05) is 0 Å². The Morgan fingerprint density at radius 2 is 0.513 bits per heavy atom. The highest BCUT2D eigenvalue weighted by Gasteiger charge is 2.19. The number of carbonyl (C=O) groups excluding carboxylic acids is 3. The van der Waals surface area contributed by atoms with E-state index in [1.54, 1.807) is 0 Å². The Bertz CT molecular complexity index is 1630. The maximum atomic E-state index is 12.9. The van der Waals surface area contributed by atoms with E-state index in [2.05, 4.69) is 154 Å². The average molecular weight is 1050 g/mol. The van der Waals surface area contributed by atoms with Crippen LogP contribution < -0.4 is 0 Å². The third kappa shape index (κ3) is 60.4. The first-order chi connectivity index (χ1) is 37.5. The monoisotopic (exact) mass is 1050 g/mol. The summed E-state index contributed by atoms with van der Waals surface area (Å²) in [5.74, 6) is -0.957. The molecule has 6 heteroatoms. The highest BCUT2D eigenvalue weighted by molar-refractivity contribution is 5.71. The van der Waals surface area contributed by atoms with Crippen LogP contribution in [0.1, 0.15) is 271 Å². The molecule has 0 amide bonds. The van der Waals surface area contributed by atoms with Crippen LogP contribution in [0.2, 0.25) is 0 Å². The molecule has 0 radical (unpaired) electrons. The van der Waals surface area contributed by atoms with Crippen molar-refractivity contribution in [2.75, 3.05) is 13.2 Å². The highest BCUT2D eigenvalue weighted by atomic mass is 16.6. The molecule has 0 aliphatic rings. The first kappa shape index (κ1) is 71.5. The Kier molecular flexibility index (Phi) is 59.4. The lowest BCUT2D eigenvalue weighted by Crippen LogP contribution is -2.30. The van der Waals surface area contributed by atoms with Gasteiger partial charge in [0.15, 0.2) is 6.10 Å². The molecule has 0 aliphatic carbocycles.